The van der Waals surface area contributed by atoms with Gasteiger partial charge < -0.3 is 9.88 Å². The van der Waals surface area contributed by atoms with Gasteiger partial charge >= 0.3 is 6.18 Å². The minimum Gasteiger partial charge on any atom is -0.376 e. The predicted octanol–water partition coefficient (Wildman–Crippen LogP) is 5.33. The topological polar surface area (TPSA) is 58.4 Å². The largest absolute Gasteiger partial charge is 0.416 e. The second kappa shape index (κ2) is 9.26. The molecule has 162 valence electrons. The monoisotopic (exact) mass is 448 g/mol. The average molecular weight is 449 g/mol. The summed E-state index contributed by atoms with van der Waals surface area (Å²) in [7, 11) is 0. The first kappa shape index (κ1) is 22.4. The van der Waals surface area contributed by atoms with E-state index in [1.54, 1.807) is 6.07 Å². The standard InChI is InChI=1S/C22H20ClF3N4O/c1-14-10-16(15(2)30(14)20-9-4-3-8-19(20)23)12-28-29-21(31)13-27-18-7-5-6-17(11-18)22(24,25)26/h3-12,27H,13H2,1-2H3,(H,29,31)/b28-12-. The maximum atomic E-state index is 12.8. The molecular weight excluding hydrogens is 429 g/mol. The molecule has 0 aliphatic heterocycles. The zero-order valence-electron chi connectivity index (χ0n) is 16.8. The molecule has 9 heteroatoms. The molecular formula is C22H20ClF3N4O. The number of amides is 1. The summed E-state index contributed by atoms with van der Waals surface area (Å²) in [5, 5.41) is 7.22. The van der Waals surface area contributed by atoms with Gasteiger partial charge in [0.05, 0.1) is 29.0 Å². The summed E-state index contributed by atoms with van der Waals surface area (Å²) in [5.41, 5.74) is 5.25. The molecule has 0 aliphatic carbocycles. The van der Waals surface area contributed by atoms with Crippen molar-refractivity contribution in [1.82, 2.24) is 9.99 Å². The molecule has 0 unspecified atom stereocenters. The molecule has 0 saturated heterocycles. The number of rotatable bonds is 6. The Morgan fingerprint density at radius 1 is 1.13 bits per heavy atom. The minimum absolute atomic E-state index is 0.192. The molecule has 2 N–H and O–H groups in total. The summed E-state index contributed by atoms with van der Waals surface area (Å²) in [6.07, 6.45) is -2.93. The van der Waals surface area contributed by atoms with Crippen LogP contribution in [0.2, 0.25) is 5.02 Å². The molecule has 31 heavy (non-hydrogen) atoms. The van der Waals surface area contributed by atoms with Gasteiger partial charge in [-0.15, -0.1) is 0 Å². The van der Waals surface area contributed by atoms with E-state index in [1.165, 1.54) is 18.3 Å². The average Bonchev–Trinajstić information content (AvgIpc) is 3.00. The van der Waals surface area contributed by atoms with Gasteiger partial charge in [-0.2, -0.15) is 18.3 Å². The number of anilines is 1. The third-order valence-corrected chi connectivity index (χ3v) is 4.92. The zero-order chi connectivity index (χ0) is 22.6. The van der Waals surface area contributed by atoms with Crippen molar-refractivity contribution in [2.75, 3.05) is 11.9 Å². The molecule has 3 rings (SSSR count). The van der Waals surface area contributed by atoms with Gasteiger partial charge in [-0.25, -0.2) is 5.43 Å². The lowest BCUT2D eigenvalue weighted by molar-refractivity contribution is -0.137. The van der Waals surface area contributed by atoms with Crippen molar-refractivity contribution in [1.29, 1.82) is 0 Å². The maximum Gasteiger partial charge on any atom is 0.416 e. The Kier molecular flexibility index (Phi) is 6.70. The van der Waals surface area contributed by atoms with Crippen LogP contribution >= 0.6 is 11.6 Å². The van der Waals surface area contributed by atoms with Crippen LogP contribution in [0.1, 0.15) is 22.5 Å². The second-order valence-electron chi connectivity index (χ2n) is 6.84. The Hall–Kier alpha value is -3.26. The highest BCUT2D eigenvalue weighted by molar-refractivity contribution is 6.32. The smallest absolute Gasteiger partial charge is 0.376 e. The highest BCUT2D eigenvalue weighted by Crippen LogP contribution is 2.30. The third kappa shape index (κ3) is 5.46. The van der Waals surface area contributed by atoms with Crippen LogP contribution in [0, 0.1) is 13.8 Å². The summed E-state index contributed by atoms with van der Waals surface area (Å²) < 4.78 is 40.2. The molecule has 0 atom stereocenters. The molecule has 5 nitrogen and oxygen atoms in total. The number of carbonyl (C=O) groups is 1. The second-order valence-corrected chi connectivity index (χ2v) is 7.25. The Labute approximate surface area is 182 Å². The van der Waals surface area contributed by atoms with Crippen molar-refractivity contribution in [3.63, 3.8) is 0 Å². The van der Waals surface area contributed by atoms with Crippen LogP contribution in [0.15, 0.2) is 59.7 Å². The first-order chi connectivity index (χ1) is 14.7. The van der Waals surface area contributed by atoms with E-state index in [0.29, 0.717) is 5.02 Å². The van der Waals surface area contributed by atoms with Gasteiger partial charge in [0.2, 0.25) is 0 Å². The normalized spacial score (nSPS) is 11.7. The van der Waals surface area contributed by atoms with E-state index in [4.69, 9.17) is 11.6 Å². The lowest BCUT2D eigenvalue weighted by atomic mass is 10.2. The lowest BCUT2D eigenvalue weighted by Gasteiger charge is -2.11. The van der Waals surface area contributed by atoms with Gasteiger partial charge in [0, 0.05) is 22.6 Å². The number of aromatic nitrogens is 1. The van der Waals surface area contributed by atoms with Gasteiger partial charge in [0.15, 0.2) is 0 Å². The number of benzene rings is 2. The zero-order valence-corrected chi connectivity index (χ0v) is 17.6. The van der Waals surface area contributed by atoms with E-state index < -0.39 is 17.6 Å². The molecule has 0 spiro atoms. The Balaban J connectivity index is 1.62. The number of hydrogen-bond acceptors (Lipinski definition) is 3. The van der Waals surface area contributed by atoms with Crippen molar-refractivity contribution in [2.45, 2.75) is 20.0 Å². The van der Waals surface area contributed by atoms with Gasteiger partial charge in [0.25, 0.3) is 5.91 Å². The van der Waals surface area contributed by atoms with Crippen LogP contribution in [0.4, 0.5) is 18.9 Å². The quantitative estimate of drug-likeness (QED) is 0.395. The number of nitrogens with zero attached hydrogens (tertiary/aromatic N) is 2. The third-order valence-electron chi connectivity index (χ3n) is 4.60. The molecule has 3 aromatic rings. The van der Waals surface area contributed by atoms with Crippen LogP contribution < -0.4 is 10.7 Å². The summed E-state index contributed by atoms with van der Waals surface area (Å²) in [6.45, 7) is 3.62. The van der Waals surface area contributed by atoms with Crippen LogP contribution in [0.25, 0.3) is 5.69 Å². The van der Waals surface area contributed by atoms with E-state index in [0.717, 1.165) is 34.8 Å². The van der Waals surface area contributed by atoms with Crippen molar-refractivity contribution in [3.05, 3.63) is 82.1 Å². The van der Waals surface area contributed by atoms with Crippen LogP contribution in [0.3, 0.4) is 0 Å². The van der Waals surface area contributed by atoms with Gasteiger partial charge in [-0.1, -0.05) is 29.8 Å². The number of para-hydroxylation sites is 1. The number of carbonyl (C=O) groups excluding carboxylic acids is 1. The van der Waals surface area contributed by atoms with Gasteiger partial charge in [-0.3, -0.25) is 4.79 Å². The molecule has 0 radical (unpaired) electrons. The maximum absolute atomic E-state index is 12.8. The lowest BCUT2D eigenvalue weighted by Crippen LogP contribution is -2.26. The van der Waals surface area contributed by atoms with Crippen LogP contribution in [-0.4, -0.2) is 23.2 Å². The predicted molar refractivity (Wildman–Crippen MR) is 116 cm³/mol. The van der Waals surface area contributed by atoms with Crippen LogP contribution in [0.5, 0.6) is 0 Å². The molecule has 0 saturated carbocycles. The number of hydrazone groups is 1. The number of alkyl halides is 3. The van der Waals surface area contributed by atoms with E-state index in [1.807, 2.05) is 42.7 Å². The van der Waals surface area contributed by atoms with E-state index >= 15 is 0 Å². The van der Waals surface area contributed by atoms with Crippen LogP contribution in [-0.2, 0) is 11.0 Å². The highest BCUT2D eigenvalue weighted by atomic mass is 35.5. The number of hydrogen-bond donors (Lipinski definition) is 2. The molecule has 1 amide bonds. The van der Waals surface area contributed by atoms with E-state index in [2.05, 4.69) is 15.8 Å². The highest BCUT2D eigenvalue weighted by Gasteiger charge is 2.30. The molecule has 1 aromatic heterocycles. The SMILES string of the molecule is Cc1cc(/C=N\NC(=O)CNc2cccc(C(F)(F)F)c2)c(C)n1-c1ccccc1Cl. The Bertz CT molecular complexity index is 1120. The van der Waals surface area contributed by atoms with Crippen molar-refractivity contribution < 1.29 is 18.0 Å². The molecule has 0 aliphatic rings. The first-order valence-corrected chi connectivity index (χ1v) is 9.71. The Morgan fingerprint density at radius 3 is 2.58 bits per heavy atom. The number of nitrogens with one attached hydrogen (secondary N) is 2. The summed E-state index contributed by atoms with van der Waals surface area (Å²) in [6, 6.07) is 14.0. The van der Waals surface area contributed by atoms with E-state index in [-0.39, 0.29) is 12.2 Å². The molecule has 2 aromatic carbocycles. The first-order valence-electron chi connectivity index (χ1n) is 9.33. The van der Waals surface area contributed by atoms with Crippen molar-refractivity contribution >= 4 is 29.4 Å². The summed E-state index contributed by atoms with van der Waals surface area (Å²) in [5.74, 6) is -0.492. The Morgan fingerprint density at radius 2 is 1.87 bits per heavy atom. The fourth-order valence-electron chi connectivity index (χ4n) is 3.12. The minimum atomic E-state index is -4.44. The van der Waals surface area contributed by atoms with Gasteiger partial charge in [0.1, 0.15) is 0 Å². The van der Waals surface area contributed by atoms with E-state index in [9.17, 15) is 18.0 Å². The van der Waals surface area contributed by atoms with Gasteiger partial charge in [-0.05, 0) is 50.2 Å². The molecule has 0 fully saturated rings. The van der Waals surface area contributed by atoms with Crippen molar-refractivity contribution in [3.8, 4) is 5.69 Å². The molecule has 1 heterocycles. The summed E-state index contributed by atoms with van der Waals surface area (Å²) >= 11 is 6.30. The number of halogens is 4. The fraction of sp³-hybridized carbons (Fsp3) is 0.182. The fourth-order valence-corrected chi connectivity index (χ4v) is 3.34. The molecule has 0 bridgehead atoms. The van der Waals surface area contributed by atoms with Crippen molar-refractivity contribution in [2.24, 2.45) is 5.10 Å². The summed E-state index contributed by atoms with van der Waals surface area (Å²) in [4.78, 5) is 12.0. The number of aryl methyl sites for hydroxylation is 1.